The number of aromatic nitrogens is 1. The molecule has 3 nitrogen and oxygen atoms in total. The third-order valence-electron chi connectivity index (χ3n) is 18.9. The van der Waals surface area contributed by atoms with Crippen LogP contribution in [0, 0.1) is 28.6 Å². The molecule has 3 heteroatoms. The van der Waals surface area contributed by atoms with E-state index in [0.29, 0.717) is 17.0 Å². The molecule has 0 saturated heterocycles. The Kier molecular flexibility index (Phi) is 8.47. The second kappa shape index (κ2) is 14.8. The first kappa shape index (κ1) is 43.6. The quantitative estimate of drug-likeness (QED) is 0.177. The molecule has 9 aromatic carbocycles. The van der Waals surface area contributed by atoms with Gasteiger partial charge in [0.1, 0.15) is 0 Å². The summed E-state index contributed by atoms with van der Waals surface area (Å²) in [6.07, 6.45) is 5.93. The van der Waals surface area contributed by atoms with Crippen molar-refractivity contribution in [1.82, 2.24) is 4.40 Å². The molecule has 0 saturated carbocycles. The Balaban J connectivity index is 1.16. The molecule has 6 aliphatic carbocycles. The van der Waals surface area contributed by atoms with Gasteiger partial charge in [-0.25, -0.2) is 0 Å². The van der Waals surface area contributed by atoms with Gasteiger partial charge in [0.05, 0.1) is 45.2 Å². The lowest BCUT2D eigenvalue weighted by atomic mass is 9.58. The third-order valence-corrected chi connectivity index (χ3v) is 18.9. The van der Waals surface area contributed by atoms with Gasteiger partial charge in [0.15, 0.2) is 0 Å². The third kappa shape index (κ3) is 5.21. The molecule has 2 heterocycles. The van der Waals surface area contributed by atoms with Gasteiger partial charge in [-0.05, 0) is 142 Å². The maximum atomic E-state index is 12.0. The van der Waals surface area contributed by atoms with Gasteiger partial charge in [0.2, 0.25) is 0 Å². The van der Waals surface area contributed by atoms with Crippen LogP contribution < -0.4 is 0 Å². The molecule has 0 amide bonds. The van der Waals surface area contributed by atoms with Crippen molar-refractivity contribution in [3.05, 3.63) is 265 Å². The number of fused-ring (bicyclic) bond motifs is 14. The molecule has 0 radical (unpaired) electrons. The van der Waals surface area contributed by atoms with Crippen LogP contribution in [0.1, 0.15) is 132 Å². The average Bonchev–Trinajstić information content (AvgIpc) is 4.03. The average molecular weight is 972 g/mol. The number of benzene rings is 9. The van der Waals surface area contributed by atoms with E-state index in [9.17, 15) is 10.5 Å². The van der Waals surface area contributed by atoms with Gasteiger partial charge in [0, 0.05) is 38.8 Å². The van der Waals surface area contributed by atoms with E-state index in [4.69, 9.17) is 0 Å². The molecule has 0 N–H and O–H groups in total. The molecule has 3 atom stereocenters. The van der Waals surface area contributed by atoms with E-state index in [2.05, 4.69) is 240 Å². The van der Waals surface area contributed by atoms with Crippen LogP contribution in [0.2, 0.25) is 0 Å². The van der Waals surface area contributed by atoms with Crippen LogP contribution in [0.25, 0.3) is 71.5 Å². The van der Waals surface area contributed by atoms with Crippen LogP contribution in [0.15, 0.2) is 193 Å². The topological polar surface area (TPSA) is 52.0 Å². The standard InChI is InChI=1S/C73H53N3/c1-40-26-29-50-51(32-40)61-49-25-17-16-24-48(49)60(50)54-37-55-62-58(76-59-34-43(38-74)68-65(66(59)67(63(54)61)70(55)76)53-36-47(71(2,3)4)28-31-56(53)72(68,5)6)35-44(39-75)69-64(62)52-33-42(41-18-10-7-11-19-41)27-30-57(52)73(69,45-20-12-8-13-21-45)46-22-14-9-15-23-46/h7-31,33-37,40,60-61H,32H2,1-6H3. The highest BCUT2D eigenvalue weighted by molar-refractivity contribution is 6.31. The molecular formula is C73H53N3. The van der Waals surface area contributed by atoms with Crippen LogP contribution in [-0.2, 0) is 16.2 Å². The molecule has 360 valence electrons. The van der Waals surface area contributed by atoms with E-state index in [1.165, 1.54) is 77.3 Å². The summed E-state index contributed by atoms with van der Waals surface area (Å²) in [5.74, 6) is 0.546. The van der Waals surface area contributed by atoms with Crippen LogP contribution >= 0.6 is 0 Å². The zero-order valence-corrected chi connectivity index (χ0v) is 43.6. The number of hydrogen-bond donors (Lipinski definition) is 0. The van der Waals surface area contributed by atoms with Crippen molar-refractivity contribution in [2.75, 3.05) is 0 Å². The number of allylic oxidation sites excluding steroid dienone is 4. The Morgan fingerprint density at radius 3 is 1.83 bits per heavy atom. The predicted molar refractivity (Wildman–Crippen MR) is 310 cm³/mol. The van der Waals surface area contributed by atoms with Crippen molar-refractivity contribution in [1.29, 1.82) is 10.5 Å². The fourth-order valence-corrected chi connectivity index (χ4v) is 15.9. The highest BCUT2D eigenvalue weighted by Gasteiger charge is 2.51. The van der Waals surface area contributed by atoms with Crippen LogP contribution in [0.3, 0.4) is 0 Å². The Labute approximate surface area is 443 Å². The predicted octanol–water partition coefficient (Wildman–Crippen LogP) is 17.7. The van der Waals surface area contributed by atoms with Crippen molar-refractivity contribution in [2.45, 2.75) is 76.0 Å². The summed E-state index contributed by atoms with van der Waals surface area (Å²) in [4.78, 5) is 0. The van der Waals surface area contributed by atoms with Crippen molar-refractivity contribution >= 4 is 38.1 Å². The monoisotopic (exact) mass is 971 g/mol. The van der Waals surface area contributed by atoms with Gasteiger partial charge in [-0.1, -0.05) is 205 Å². The Bertz CT molecular complexity index is 4540. The minimum Gasteiger partial charge on any atom is -0.308 e. The second-order valence-corrected chi connectivity index (χ2v) is 24.1. The Hall–Kier alpha value is -8.76. The zero-order chi connectivity index (χ0) is 51.3. The molecule has 0 spiro atoms. The van der Waals surface area contributed by atoms with Gasteiger partial charge >= 0.3 is 0 Å². The van der Waals surface area contributed by atoms with Crippen molar-refractivity contribution in [2.24, 2.45) is 5.92 Å². The number of nitriles is 2. The minimum absolute atomic E-state index is 0.0526. The lowest BCUT2D eigenvalue weighted by Crippen LogP contribution is -2.30. The number of nitrogens with zero attached hydrogens (tertiary/aromatic N) is 3. The first-order chi connectivity index (χ1) is 36.9. The largest absolute Gasteiger partial charge is 0.308 e. The first-order valence-corrected chi connectivity index (χ1v) is 27.2. The molecule has 0 fully saturated rings. The smallest absolute Gasteiger partial charge is 0.0996 e. The summed E-state index contributed by atoms with van der Waals surface area (Å²) < 4.78 is 2.51. The highest BCUT2D eigenvalue weighted by Crippen LogP contribution is 2.66. The first-order valence-electron chi connectivity index (χ1n) is 27.2. The van der Waals surface area contributed by atoms with Crippen molar-refractivity contribution < 1.29 is 0 Å². The lowest BCUT2D eigenvalue weighted by Gasteiger charge is -2.45. The van der Waals surface area contributed by atoms with E-state index in [1.54, 1.807) is 5.57 Å². The SMILES string of the molecule is CC1C=CC2=C(C1)C1c3ccccc3C2c2cc3c4c5c(c(C#N)cc4n4c6cc(C#N)c7c(c6c(c21)c34)-c1cc(C(C)(C)C)ccc1C7(C)C)C(c1ccccc1)(c1ccccc1)c1ccc(-c2ccccc2)cc1-5. The lowest BCUT2D eigenvalue weighted by molar-refractivity contribution is 0.589. The minimum atomic E-state index is -0.814. The van der Waals surface area contributed by atoms with E-state index in [0.717, 1.165) is 67.3 Å². The molecule has 11 aromatic rings. The van der Waals surface area contributed by atoms with Crippen LogP contribution in [-0.4, -0.2) is 4.40 Å². The van der Waals surface area contributed by atoms with Crippen molar-refractivity contribution in [3.63, 3.8) is 0 Å². The van der Waals surface area contributed by atoms with Crippen LogP contribution in [0.5, 0.6) is 0 Å². The normalized spacial score (nSPS) is 18.8. The van der Waals surface area contributed by atoms with Gasteiger partial charge in [0.25, 0.3) is 0 Å². The summed E-state index contributed by atoms with van der Waals surface area (Å²) in [6.45, 7) is 13.9. The van der Waals surface area contributed by atoms with Gasteiger partial charge < -0.3 is 4.40 Å². The molecule has 2 bridgehead atoms. The summed E-state index contributed by atoms with van der Waals surface area (Å²) in [5, 5.41) is 28.4. The highest BCUT2D eigenvalue weighted by atomic mass is 14.9. The summed E-state index contributed by atoms with van der Waals surface area (Å²) in [6, 6.07) is 68.7. The summed E-state index contributed by atoms with van der Waals surface area (Å²) >= 11 is 0. The number of hydrogen-bond acceptors (Lipinski definition) is 2. The van der Waals surface area contributed by atoms with E-state index in [-0.39, 0.29) is 17.3 Å². The second-order valence-electron chi connectivity index (χ2n) is 24.1. The van der Waals surface area contributed by atoms with Gasteiger partial charge in [-0.3, -0.25) is 0 Å². The van der Waals surface area contributed by atoms with E-state index >= 15 is 0 Å². The summed E-state index contributed by atoms with van der Waals surface area (Å²) in [5.41, 5.74) is 26.9. The molecule has 3 unspecified atom stereocenters. The fraction of sp³-hybridized carbons (Fsp3) is 0.178. The molecule has 0 aliphatic heterocycles. The molecular weight excluding hydrogens is 919 g/mol. The molecule has 6 aliphatic rings. The van der Waals surface area contributed by atoms with Gasteiger partial charge in [-0.2, -0.15) is 10.5 Å². The van der Waals surface area contributed by atoms with Crippen LogP contribution in [0.4, 0.5) is 0 Å². The van der Waals surface area contributed by atoms with Crippen molar-refractivity contribution in [3.8, 4) is 45.5 Å². The maximum Gasteiger partial charge on any atom is 0.0996 e. The van der Waals surface area contributed by atoms with Gasteiger partial charge in [-0.15, -0.1) is 0 Å². The fourth-order valence-electron chi connectivity index (χ4n) is 15.9. The molecule has 76 heavy (non-hydrogen) atoms. The summed E-state index contributed by atoms with van der Waals surface area (Å²) in [7, 11) is 0. The Morgan fingerprint density at radius 2 is 1.16 bits per heavy atom. The Morgan fingerprint density at radius 1 is 0.566 bits per heavy atom. The molecule has 17 rings (SSSR count). The molecule has 2 aromatic heterocycles. The zero-order valence-electron chi connectivity index (χ0n) is 43.6. The van der Waals surface area contributed by atoms with E-state index in [1.807, 2.05) is 0 Å². The maximum absolute atomic E-state index is 12.0. The van der Waals surface area contributed by atoms with E-state index < -0.39 is 10.8 Å². The number of rotatable bonds is 3.